The van der Waals surface area contributed by atoms with Gasteiger partial charge in [0, 0.05) is 0 Å². The van der Waals surface area contributed by atoms with E-state index in [0.29, 0.717) is 5.92 Å². The van der Waals surface area contributed by atoms with E-state index in [1.807, 2.05) is 12.1 Å². The van der Waals surface area contributed by atoms with Gasteiger partial charge in [0.05, 0.1) is 11.6 Å². The Bertz CT molecular complexity index is 456. The molecule has 0 spiro atoms. The van der Waals surface area contributed by atoms with Gasteiger partial charge in [0.1, 0.15) is 0 Å². The van der Waals surface area contributed by atoms with Crippen LogP contribution in [-0.4, -0.2) is 0 Å². The smallest absolute Gasteiger partial charge is 0.0991 e. The fourth-order valence-electron chi connectivity index (χ4n) is 3.09. The summed E-state index contributed by atoms with van der Waals surface area (Å²) < 4.78 is 0. The second-order valence-electron chi connectivity index (χ2n) is 5.92. The van der Waals surface area contributed by atoms with Crippen LogP contribution in [0.1, 0.15) is 68.9 Å². The first-order valence-corrected chi connectivity index (χ1v) is 8.00. The molecule has 2 rings (SSSR count). The van der Waals surface area contributed by atoms with E-state index in [9.17, 15) is 0 Å². The van der Waals surface area contributed by atoms with Crippen LogP contribution in [0.25, 0.3) is 0 Å². The van der Waals surface area contributed by atoms with Crippen molar-refractivity contribution in [2.75, 3.05) is 0 Å². The standard InChI is InChI=1S/C19H25N/c1-2-3-4-5-6-16-7-11-18(12-8-16)19-13-9-17(15-20)10-14-19/h5-6,9-10,13-14,16,18H,2-4,7-8,11-12H2,1H3/b6-5+/t16-,18-. The predicted octanol–water partition coefficient (Wildman–Crippen LogP) is 5.58. The summed E-state index contributed by atoms with van der Waals surface area (Å²) in [6.07, 6.45) is 13.9. The van der Waals surface area contributed by atoms with Crippen molar-refractivity contribution in [2.24, 2.45) is 5.92 Å². The molecule has 106 valence electrons. The van der Waals surface area contributed by atoms with E-state index in [1.165, 1.54) is 50.5 Å². The Hall–Kier alpha value is -1.55. The lowest BCUT2D eigenvalue weighted by Gasteiger charge is -2.27. The summed E-state index contributed by atoms with van der Waals surface area (Å²) in [7, 11) is 0. The van der Waals surface area contributed by atoms with Crippen LogP contribution < -0.4 is 0 Å². The van der Waals surface area contributed by atoms with Crippen LogP contribution in [0, 0.1) is 17.2 Å². The van der Waals surface area contributed by atoms with E-state index in [1.54, 1.807) is 0 Å². The van der Waals surface area contributed by atoms with Gasteiger partial charge in [0.15, 0.2) is 0 Å². The minimum absolute atomic E-state index is 0.697. The monoisotopic (exact) mass is 267 g/mol. The zero-order valence-electron chi connectivity index (χ0n) is 12.5. The molecule has 1 aliphatic carbocycles. The third-order valence-electron chi connectivity index (χ3n) is 4.42. The molecule has 1 aromatic rings. The van der Waals surface area contributed by atoms with Gasteiger partial charge in [-0.25, -0.2) is 0 Å². The van der Waals surface area contributed by atoms with Crippen molar-refractivity contribution in [3.05, 3.63) is 47.5 Å². The van der Waals surface area contributed by atoms with Gasteiger partial charge >= 0.3 is 0 Å². The molecule has 20 heavy (non-hydrogen) atoms. The van der Waals surface area contributed by atoms with Gasteiger partial charge in [-0.05, 0) is 61.6 Å². The minimum atomic E-state index is 0.697. The molecule has 0 aromatic heterocycles. The molecule has 0 atom stereocenters. The molecule has 0 N–H and O–H groups in total. The SMILES string of the molecule is CCCC/C=C/[C@H]1CC[C@H](c2ccc(C#N)cc2)CC1. The summed E-state index contributed by atoms with van der Waals surface area (Å²) in [5, 5.41) is 8.84. The minimum Gasteiger partial charge on any atom is -0.192 e. The van der Waals surface area contributed by atoms with Crippen LogP contribution in [0.15, 0.2) is 36.4 Å². The van der Waals surface area contributed by atoms with Crippen molar-refractivity contribution in [2.45, 2.75) is 57.8 Å². The highest BCUT2D eigenvalue weighted by molar-refractivity contribution is 5.33. The van der Waals surface area contributed by atoms with Crippen molar-refractivity contribution >= 4 is 0 Å². The Morgan fingerprint density at radius 1 is 1.15 bits per heavy atom. The molecule has 0 heterocycles. The molecular weight excluding hydrogens is 242 g/mol. The molecular formula is C19H25N. The number of nitriles is 1. The van der Waals surface area contributed by atoms with Crippen LogP contribution in [0.5, 0.6) is 0 Å². The van der Waals surface area contributed by atoms with Crippen molar-refractivity contribution < 1.29 is 0 Å². The summed E-state index contributed by atoms with van der Waals surface area (Å²) in [6, 6.07) is 10.4. The number of nitrogens with zero attached hydrogens (tertiary/aromatic N) is 1. The van der Waals surface area contributed by atoms with Crippen LogP contribution >= 0.6 is 0 Å². The number of allylic oxidation sites excluding steroid dienone is 2. The molecule has 1 nitrogen and oxygen atoms in total. The summed E-state index contributed by atoms with van der Waals surface area (Å²) in [6.45, 7) is 2.25. The average Bonchev–Trinajstić information content (AvgIpc) is 2.52. The van der Waals surface area contributed by atoms with Crippen molar-refractivity contribution in [1.29, 1.82) is 5.26 Å². The first kappa shape index (κ1) is 14.9. The quantitative estimate of drug-likeness (QED) is 0.504. The van der Waals surface area contributed by atoms with Crippen LogP contribution in [-0.2, 0) is 0 Å². The van der Waals surface area contributed by atoms with E-state index in [0.717, 1.165) is 11.5 Å². The molecule has 1 aliphatic rings. The molecule has 0 radical (unpaired) electrons. The summed E-state index contributed by atoms with van der Waals surface area (Å²) >= 11 is 0. The van der Waals surface area contributed by atoms with Gasteiger partial charge in [0.2, 0.25) is 0 Å². The predicted molar refractivity (Wildman–Crippen MR) is 84.5 cm³/mol. The van der Waals surface area contributed by atoms with Crippen LogP contribution in [0.4, 0.5) is 0 Å². The lowest BCUT2D eigenvalue weighted by Crippen LogP contribution is -2.11. The van der Waals surface area contributed by atoms with Gasteiger partial charge < -0.3 is 0 Å². The highest BCUT2D eigenvalue weighted by Gasteiger charge is 2.20. The van der Waals surface area contributed by atoms with Crippen molar-refractivity contribution in [3.8, 4) is 6.07 Å². The van der Waals surface area contributed by atoms with Crippen molar-refractivity contribution in [1.82, 2.24) is 0 Å². The molecule has 0 bridgehead atoms. The van der Waals surface area contributed by atoms with Crippen LogP contribution in [0.2, 0.25) is 0 Å². The Morgan fingerprint density at radius 3 is 2.45 bits per heavy atom. The molecule has 1 fully saturated rings. The Labute approximate surface area is 123 Å². The number of benzene rings is 1. The summed E-state index contributed by atoms with van der Waals surface area (Å²) in [5.74, 6) is 1.49. The third kappa shape index (κ3) is 4.23. The molecule has 1 heteroatoms. The zero-order chi connectivity index (χ0) is 14.2. The highest BCUT2D eigenvalue weighted by Crippen LogP contribution is 2.36. The maximum Gasteiger partial charge on any atom is 0.0991 e. The largest absolute Gasteiger partial charge is 0.192 e. The lowest BCUT2D eigenvalue weighted by atomic mass is 9.78. The Balaban J connectivity index is 1.81. The fourth-order valence-corrected chi connectivity index (χ4v) is 3.09. The van der Waals surface area contributed by atoms with E-state index >= 15 is 0 Å². The fraction of sp³-hybridized carbons (Fsp3) is 0.526. The van der Waals surface area contributed by atoms with E-state index in [4.69, 9.17) is 5.26 Å². The molecule has 1 saturated carbocycles. The van der Waals surface area contributed by atoms with Gasteiger partial charge in [-0.2, -0.15) is 5.26 Å². The second kappa shape index (κ2) is 7.90. The average molecular weight is 267 g/mol. The van der Waals surface area contributed by atoms with Gasteiger partial charge in [0.25, 0.3) is 0 Å². The van der Waals surface area contributed by atoms with Gasteiger partial charge in [-0.3, -0.25) is 0 Å². The van der Waals surface area contributed by atoms with Gasteiger partial charge in [-0.1, -0.05) is 44.1 Å². The van der Waals surface area contributed by atoms with Crippen LogP contribution in [0.3, 0.4) is 0 Å². The topological polar surface area (TPSA) is 23.8 Å². The van der Waals surface area contributed by atoms with Crippen molar-refractivity contribution in [3.63, 3.8) is 0 Å². The maximum atomic E-state index is 8.84. The van der Waals surface area contributed by atoms with E-state index in [-0.39, 0.29) is 0 Å². The first-order chi connectivity index (χ1) is 9.83. The first-order valence-electron chi connectivity index (χ1n) is 8.00. The molecule has 0 unspecified atom stereocenters. The maximum absolute atomic E-state index is 8.84. The highest BCUT2D eigenvalue weighted by atomic mass is 14.3. The molecule has 0 aliphatic heterocycles. The molecule has 0 saturated heterocycles. The van der Waals surface area contributed by atoms with Gasteiger partial charge in [-0.15, -0.1) is 0 Å². The van der Waals surface area contributed by atoms with E-state index in [2.05, 4.69) is 37.3 Å². The summed E-state index contributed by atoms with van der Waals surface area (Å²) in [4.78, 5) is 0. The number of hydrogen-bond donors (Lipinski definition) is 0. The summed E-state index contributed by atoms with van der Waals surface area (Å²) in [5.41, 5.74) is 2.18. The third-order valence-corrected chi connectivity index (χ3v) is 4.42. The van der Waals surface area contributed by atoms with E-state index < -0.39 is 0 Å². The molecule has 1 aromatic carbocycles. The lowest BCUT2D eigenvalue weighted by molar-refractivity contribution is 0.375. The Morgan fingerprint density at radius 2 is 1.85 bits per heavy atom. The second-order valence-corrected chi connectivity index (χ2v) is 5.92. The molecule has 0 amide bonds. The number of rotatable bonds is 5. The normalized spacial score (nSPS) is 22.8. The number of hydrogen-bond acceptors (Lipinski definition) is 1. The Kier molecular flexibility index (Phi) is 5.87. The zero-order valence-corrected chi connectivity index (χ0v) is 12.5. The number of unbranched alkanes of at least 4 members (excludes halogenated alkanes) is 2.